The third-order valence-corrected chi connectivity index (χ3v) is 17.2. The first-order valence-electron chi connectivity index (χ1n) is 22.7. The number of fused-ring (bicyclic) bond motifs is 4. The Kier molecular flexibility index (Phi) is 10.9. The Labute approximate surface area is 384 Å². The summed E-state index contributed by atoms with van der Waals surface area (Å²) in [5, 5.41) is 11.4. The van der Waals surface area contributed by atoms with Gasteiger partial charge in [-0.2, -0.15) is 0 Å². The fourth-order valence-corrected chi connectivity index (χ4v) is 12.0. The van der Waals surface area contributed by atoms with Crippen molar-refractivity contribution < 1.29 is 0 Å². The van der Waals surface area contributed by atoms with Crippen LogP contribution in [0.3, 0.4) is 0 Å². The number of rotatable bonds is 3. The third-order valence-electron chi connectivity index (χ3n) is 17.2. The first-order valence-corrected chi connectivity index (χ1v) is 22.7. The standard InChI is InChI=1S/C40H47B21/c41-20-17(29(50)30(51)19-18(20)31(52)39(60)40(61)32(19)53)16-15-14(27(48)37(58)38(59)28(15)49)13(21(42)22(16)43)8-11-9(23(44)33(54)35(56)25(11)46)7(6-4-2-1-3-5-6)10-12(8)26(47)36(57)34(55)24(10)45/h1-5H,41-61H2. The molecule has 0 N–H and O–H groups in total. The zero-order chi connectivity index (χ0) is 44.7. The van der Waals surface area contributed by atoms with E-state index in [9.17, 15) is 0 Å². The fourth-order valence-electron chi connectivity index (χ4n) is 12.0. The van der Waals surface area contributed by atoms with Crippen molar-refractivity contribution in [3.8, 4) is 33.4 Å². The lowest BCUT2D eigenvalue weighted by atomic mass is 9.55. The van der Waals surface area contributed by atoms with Gasteiger partial charge in [-0.3, -0.25) is 0 Å². The molecule has 8 aromatic rings. The zero-order valence-corrected chi connectivity index (χ0v) is 41.4. The van der Waals surface area contributed by atoms with Gasteiger partial charge in [0, 0.05) is 0 Å². The van der Waals surface area contributed by atoms with Crippen molar-refractivity contribution >= 4 is 323 Å². The van der Waals surface area contributed by atoms with Gasteiger partial charge in [0.15, 0.2) is 0 Å². The zero-order valence-electron chi connectivity index (χ0n) is 41.4. The Bertz CT molecular complexity index is 3280. The van der Waals surface area contributed by atoms with Crippen LogP contribution in [0.15, 0.2) is 30.3 Å². The Balaban J connectivity index is 1.75. The molecule has 0 saturated heterocycles. The predicted molar refractivity (Wildman–Crippen MR) is 345 cm³/mol. The quantitative estimate of drug-likeness (QED) is 0.124. The van der Waals surface area contributed by atoms with Crippen molar-refractivity contribution in [2.75, 3.05) is 0 Å². The molecule has 0 unspecified atom stereocenters. The molecule has 8 rings (SSSR count). The van der Waals surface area contributed by atoms with E-state index in [1.807, 2.05) is 0 Å². The number of benzene rings is 8. The molecule has 0 amide bonds. The molecule has 0 aliphatic carbocycles. The van der Waals surface area contributed by atoms with Crippen LogP contribution in [-0.4, -0.2) is 165 Å². The van der Waals surface area contributed by atoms with Crippen LogP contribution in [0.2, 0.25) is 0 Å². The highest BCUT2D eigenvalue weighted by Crippen LogP contribution is 2.42. The summed E-state index contributed by atoms with van der Waals surface area (Å²) >= 11 is 0. The summed E-state index contributed by atoms with van der Waals surface area (Å²) in [7, 11) is 50.0. The molecule has 0 fully saturated rings. The lowest BCUT2D eigenvalue weighted by molar-refractivity contribution is 1.69. The Morgan fingerprint density at radius 2 is 0.393 bits per heavy atom. The molecule has 0 bridgehead atoms. The molecule has 61 heavy (non-hydrogen) atoms. The van der Waals surface area contributed by atoms with E-state index < -0.39 is 0 Å². The Morgan fingerprint density at radius 3 is 0.738 bits per heavy atom. The van der Waals surface area contributed by atoms with E-state index in [2.05, 4.69) is 195 Å². The summed E-state index contributed by atoms with van der Waals surface area (Å²) in [5.74, 6) is 0. The minimum Gasteiger partial charge on any atom is -0.101 e. The van der Waals surface area contributed by atoms with Crippen molar-refractivity contribution in [3.05, 3.63) is 30.3 Å². The van der Waals surface area contributed by atoms with Gasteiger partial charge in [0.05, 0.1) is 0 Å². The lowest BCUT2D eigenvalue weighted by Gasteiger charge is -2.32. The average molecular weight is 755 g/mol. The largest absolute Gasteiger partial charge is 0.140 e. The highest BCUT2D eigenvalue weighted by atomic mass is 14.3. The molecule has 0 aliphatic rings. The van der Waals surface area contributed by atoms with E-state index in [1.54, 1.807) is 0 Å². The second kappa shape index (κ2) is 15.2. The first kappa shape index (κ1) is 43.8. The van der Waals surface area contributed by atoms with Crippen LogP contribution in [0.1, 0.15) is 0 Å². The van der Waals surface area contributed by atoms with E-state index in [0.717, 1.165) is 0 Å². The smallest absolute Gasteiger partial charge is 0.101 e. The van der Waals surface area contributed by atoms with Crippen molar-refractivity contribution in [2.24, 2.45) is 0 Å². The highest BCUT2D eigenvalue weighted by molar-refractivity contribution is 6.76. The van der Waals surface area contributed by atoms with E-state index in [-0.39, 0.29) is 0 Å². The first-order chi connectivity index (χ1) is 28.6. The van der Waals surface area contributed by atoms with Gasteiger partial charge in [0.1, 0.15) is 165 Å². The minimum atomic E-state index is 1.29. The van der Waals surface area contributed by atoms with Crippen LogP contribution in [0.25, 0.3) is 76.5 Å². The van der Waals surface area contributed by atoms with Gasteiger partial charge < -0.3 is 0 Å². The molecular weight excluding hydrogens is 707 g/mol. The lowest BCUT2D eigenvalue weighted by Crippen LogP contribution is -2.53. The van der Waals surface area contributed by atoms with Crippen LogP contribution in [0.4, 0.5) is 0 Å². The fraction of sp³-hybridized carbons (Fsp3) is 0. The summed E-state index contributed by atoms with van der Waals surface area (Å²) < 4.78 is 0. The third kappa shape index (κ3) is 5.83. The molecule has 0 spiro atoms. The van der Waals surface area contributed by atoms with Gasteiger partial charge in [0.25, 0.3) is 0 Å². The molecule has 21 heteroatoms. The molecule has 8 aromatic carbocycles. The van der Waals surface area contributed by atoms with E-state index >= 15 is 0 Å². The van der Waals surface area contributed by atoms with Crippen LogP contribution in [0, 0.1) is 0 Å². The van der Waals surface area contributed by atoms with Crippen LogP contribution in [0.5, 0.6) is 0 Å². The topological polar surface area (TPSA) is 0 Å². The van der Waals surface area contributed by atoms with Crippen molar-refractivity contribution in [1.29, 1.82) is 0 Å². The molecule has 270 valence electrons. The van der Waals surface area contributed by atoms with Crippen LogP contribution >= 0.6 is 0 Å². The van der Waals surface area contributed by atoms with Gasteiger partial charge in [-0.1, -0.05) is 101 Å². The Hall–Kier alpha value is -3.84. The average Bonchev–Trinajstić information content (AvgIpc) is 3.24. The maximum atomic E-state index is 2.45. The van der Waals surface area contributed by atoms with Crippen molar-refractivity contribution in [3.63, 3.8) is 0 Å². The number of hydrogen-bond donors (Lipinski definition) is 0. The Morgan fingerprint density at radius 1 is 0.164 bits per heavy atom. The van der Waals surface area contributed by atoms with Gasteiger partial charge in [0.2, 0.25) is 0 Å². The minimum absolute atomic E-state index is 1.29. The van der Waals surface area contributed by atoms with Gasteiger partial charge in [-0.05, 0) is 76.5 Å². The van der Waals surface area contributed by atoms with Gasteiger partial charge >= 0.3 is 0 Å². The summed E-state index contributed by atoms with van der Waals surface area (Å²) in [6, 6.07) is 11.3. The number of hydrogen-bond acceptors (Lipinski definition) is 0. The second-order valence-electron chi connectivity index (χ2n) is 19.4. The molecule has 0 aromatic heterocycles. The normalized spacial score (nSPS) is 11.7. The highest BCUT2D eigenvalue weighted by Gasteiger charge is 2.30. The molecular formula is C40H47B21. The summed E-state index contributed by atoms with van der Waals surface area (Å²) in [5.41, 5.74) is 37.8. The molecule has 0 atom stereocenters. The van der Waals surface area contributed by atoms with Crippen LogP contribution in [-0.2, 0) is 0 Å². The van der Waals surface area contributed by atoms with E-state index in [0.29, 0.717) is 0 Å². The predicted octanol–water partition coefficient (Wildman–Crippen LogP) is -25.3. The van der Waals surface area contributed by atoms with Crippen LogP contribution < -0.4 is 115 Å². The summed E-state index contributed by atoms with van der Waals surface area (Å²) in [4.78, 5) is 0. The van der Waals surface area contributed by atoms with Crippen molar-refractivity contribution in [1.82, 2.24) is 0 Å². The summed E-state index contributed by atoms with van der Waals surface area (Å²) in [6.07, 6.45) is 0. The maximum Gasteiger partial charge on any atom is 0.140 e. The van der Waals surface area contributed by atoms with Gasteiger partial charge in [-0.25, -0.2) is 0 Å². The molecule has 0 nitrogen and oxygen atoms in total. The summed E-state index contributed by atoms with van der Waals surface area (Å²) in [6.45, 7) is 0. The molecule has 0 radical (unpaired) electrons. The SMILES string of the molecule is Bc1c(B)c(B)c2c(B)c(-c3c(B)c(B)c(-c4c5c(B)c(B)c(B)c(B)c5c(-c5ccccc5)c5c(B)c(B)c(B)c(B)c45)c4c(B)c(B)c(B)c(B)c34)c(B)c(B)c2c1B. The maximum absolute atomic E-state index is 2.45. The van der Waals surface area contributed by atoms with Gasteiger partial charge in [-0.15, -0.1) is 43.7 Å². The van der Waals surface area contributed by atoms with Crippen molar-refractivity contribution in [2.45, 2.75) is 0 Å². The molecule has 0 saturated carbocycles. The molecule has 0 aliphatic heterocycles. The monoisotopic (exact) mass is 759 g/mol. The van der Waals surface area contributed by atoms with E-state index in [1.165, 1.54) is 191 Å². The second-order valence-corrected chi connectivity index (χ2v) is 19.4. The molecule has 0 heterocycles. The van der Waals surface area contributed by atoms with E-state index in [4.69, 9.17) is 0 Å².